The molecule has 20 heavy (non-hydrogen) atoms. The van der Waals surface area contributed by atoms with Crippen molar-refractivity contribution in [1.82, 2.24) is 14.5 Å². The molecule has 4 nitrogen and oxygen atoms in total. The fourth-order valence-electron chi connectivity index (χ4n) is 2.37. The van der Waals surface area contributed by atoms with Crippen molar-refractivity contribution in [2.45, 2.75) is 33.4 Å². The number of rotatable bonds is 5. The zero-order chi connectivity index (χ0) is 14.7. The number of aromatic nitrogens is 2. The minimum atomic E-state index is -0.0147. The molecule has 0 N–H and O–H groups in total. The van der Waals surface area contributed by atoms with Gasteiger partial charge in [0.05, 0.1) is 29.6 Å². The standard InChI is InChI=1S/C16H22N4/c1-5-13-6-7-15-14(8-13)18-16(11-19(3)4)20(15)10-12(2)9-17/h6-8,12H,5,10-11H2,1-4H3. The quantitative estimate of drug-likeness (QED) is 0.839. The molecule has 1 aromatic heterocycles. The summed E-state index contributed by atoms with van der Waals surface area (Å²) in [7, 11) is 4.07. The predicted octanol–water partition coefficient (Wildman–Crippen LogP) is 2.82. The molecule has 1 aromatic carbocycles. The lowest BCUT2D eigenvalue weighted by atomic mass is 10.1. The monoisotopic (exact) mass is 270 g/mol. The van der Waals surface area contributed by atoms with Crippen LogP contribution >= 0.6 is 0 Å². The van der Waals surface area contributed by atoms with E-state index in [0.717, 1.165) is 29.8 Å². The molecule has 4 heteroatoms. The van der Waals surface area contributed by atoms with Crippen LogP contribution in [0.1, 0.15) is 25.2 Å². The fourth-order valence-corrected chi connectivity index (χ4v) is 2.37. The highest BCUT2D eigenvalue weighted by atomic mass is 15.2. The number of nitrogens with zero attached hydrogens (tertiary/aromatic N) is 4. The molecule has 1 atom stereocenters. The number of imidazole rings is 1. The number of hydrogen-bond donors (Lipinski definition) is 0. The van der Waals surface area contributed by atoms with Crippen molar-refractivity contribution in [2.24, 2.45) is 5.92 Å². The first kappa shape index (κ1) is 14.5. The maximum Gasteiger partial charge on any atom is 0.124 e. The van der Waals surface area contributed by atoms with Crippen molar-refractivity contribution < 1.29 is 0 Å². The van der Waals surface area contributed by atoms with Crippen molar-refractivity contribution in [1.29, 1.82) is 5.26 Å². The van der Waals surface area contributed by atoms with Gasteiger partial charge in [-0.15, -0.1) is 0 Å². The Hall–Kier alpha value is -1.86. The van der Waals surface area contributed by atoms with E-state index in [0.29, 0.717) is 6.54 Å². The normalized spacial score (nSPS) is 12.8. The summed E-state index contributed by atoms with van der Waals surface area (Å²) in [6, 6.07) is 8.74. The highest BCUT2D eigenvalue weighted by Gasteiger charge is 2.14. The van der Waals surface area contributed by atoms with Crippen molar-refractivity contribution in [3.63, 3.8) is 0 Å². The molecule has 0 fully saturated rings. The minimum Gasteiger partial charge on any atom is -0.326 e. The minimum absolute atomic E-state index is 0.0147. The van der Waals surface area contributed by atoms with Crippen molar-refractivity contribution in [2.75, 3.05) is 14.1 Å². The van der Waals surface area contributed by atoms with Crippen molar-refractivity contribution in [3.8, 4) is 6.07 Å². The summed E-state index contributed by atoms with van der Waals surface area (Å²) in [4.78, 5) is 6.87. The Kier molecular flexibility index (Phi) is 4.41. The van der Waals surface area contributed by atoms with E-state index in [-0.39, 0.29) is 5.92 Å². The molecule has 0 aliphatic carbocycles. The summed E-state index contributed by atoms with van der Waals surface area (Å²) in [6.07, 6.45) is 1.01. The second-order valence-corrected chi connectivity index (χ2v) is 5.58. The largest absolute Gasteiger partial charge is 0.326 e. The van der Waals surface area contributed by atoms with Gasteiger partial charge in [-0.1, -0.05) is 13.0 Å². The zero-order valence-corrected chi connectivity index (χ0v) is 12.7. The lowest BCUT2D eigenvalue weighted by molar-refractivity contribution is 0.378. The summed E-state index contributed by atoms with van der Waals surface area (Å²) in [5.74, 6) is 1.01. The van der Waals surface area contributed by atoms with Gasteiger partial charge in [-0.3, -0.25) is 0 Å². The Morgan fingerprint density at radius 1 is 1.40 bits per heavy atom. The molecule has 2 rings (SSSR count). The highest BCUT2D eigenvalue weighted by molar-refractivity contribution is 5.77. The first-order chi connectivity index (χ1) is 9.55. The molecule has 1 heterocycles. The van der Waals surface area contributed by atoms with Crippen LogP contribution < -0.4 is 0 Å². The third kappa shape index (κ3) is 3.00. The van der Waals surface area contributed by atoms with Crippen LogP contribution in [0, 0.1) is 17.2 Å². The van der Waals surface area contributed by atoms with Gasteiger partial charge < -0.3 is 9.47 Å². The number of nitriles is 1. The Balaban J connectivity index is 2.51. The van der Waals surface area contributed by atoms with Gasteiger partial charge in [0.25, 0.3) is 0 Å². The maximum atomic E-state index is 9.07. The molecule has 1 unspecified atom stereocenters. The summed E-state index contributed by atoms with van der Waals surface area (Å²) in [5, 5.41) is 9.07. The number of benzene rings is 1. The van der Waals surface area contributed by atoms with Gasteiger partial charge in [-0.05, 0) is 45.1 Å². The molecule has 0 bridgehead atoms. The first-order valence-corrected chi connectivity index (χ1v) is 7.07. The molecule has 0 aliphatic heterocycles. The van der Waals surface area contributed by atoms with Gasteiger partial charge in [0.2, 0.25) is 0 Å². The topological polar surface area (TPSA) is 44.9 Å². The van der Waals surface area contributed by atoms with Crippen LogP contribution in [0.3, 0.4) is 0 Å². The maximum absolute atomic E-state index is 9.07. The van der Waals surface area contributed by atoms with Crippen LogP contribution in [0.2, 0.25) is 0 Å². The van der Waals surface area contributed by atoms with Crippen molar-refractivity contribution in [3.05, 3.63) is 29.6 Å². The number of aryl methyl sites for hydroxylation is 1. The van der Waals surface area contributed by atoms with Crippen LogP contribution in [0.5, 0.6) is 0 Å². The smallest absolute Gasteiger partial charge is 0.124 e. The van der Waals surface area contributed by atoms with Gasteiger partial charge in [0.15, 0.2) is 0 Å². The SMILES string of the molecule is CCc1ccc2c(c1)nc(CN(C)C)n2CC(C)C#N. The Bertz CT molecular complexity index is 634. The van der Waals surface area contributed by atoms with Crippen LogP contribution in [0.4, 0.5) is 0 Å². The molecule has 0 spiro atoms. The molecule has 106 valence electrons. The fraction of sp³-hybridized carbons (Fsp3) is 0.500. The Morgan fingerprint density at radius 3 is 2.75 bits per heavy atom. The van der Waals surface area contributed by atoms with E-state index in [4.69, 9.17) is 10.2 Å². The lowest BCUT2D eigenvalue weighted by Gasteiger charge is -2.13. The molecular weight excluding hydrogens is 248 g/mol. The zero-order valence-electron chi connectivity index (χ0n) is 12.7. The third-order valence-electron chi connectivity index (χ3n) is 3.43. The van der Waals surface area contributed by atoms with Gasteiger partial charge >= 0.3 is 0 Å². The van der Waals surface area contributed by atoms with E-state index in [9.17, 15) is 0 Å². The average molecular weight is 270 g/mol. The van der Waals surface area contributed by atoms with E-state index in [1.54, 1.807) is 0 Å². The molecular formula is C16H22N4. The number of fused-ring (bicyclic) bond motifs is 1. The Morgan fingerprint density at radius 2 is 2.15 bits per heavy atom. The van der Waals surface area contributed by atoms with Crippen LogP contribution in [0.15, 0.2) is 18.2 Å². The molecule has 2 aromatic rings. The van der Waals surface area contributed by atoms with Crippen molar-refractivity contribution >= 4 is 11.0 Å². The first-order valence-electron chi connectivity index (χ1n) is 7.07. The van der Waals surface area contributed by atoms with E-state index in [1.807, 2.05) is 21.0 Å². The van der Waals surface area contributed by atoms with Gasteiger partial charge in [0.1, 0.15) is 5.82 Å². The van der Waals surface area contributed by atoms with E-state index in [1.165, 1.54) is 5.56 Å². The van der Waals surface area contributed by atoms with E-state index >= 15 is 0 Å². The molecule has 0 aliphatic rings. The second kappa shape index (κ2) is 6.06. The third-order valence-corrected chi connectivity index (χ3v) is 3.43. The van der Waals surface area contributed by atoms with Gasteiger partial charge in [0, 0.05) is 6.54 Å². The number of hydrogen-bond acceptors (Lipinski definition) is 3. The highest BCUT2D eigenvalue weighted by Crippen LogP contribution is 2.20. The van der Waals surface area contributed by atoms with Crippen LogP contribution in [-0.4, -0.2) is 28.5 Å². The van der Waals surface area contributed by atoms with Gasteiger partial charge in [-0.25, -0.2) is 4.98 Å². The van der Waals surface area contributed by atoms with Crippen LogP contribution in [0.25, 0.3) is 11.0 Å². The second-order valence-electron chi connectivity index (χ2n) is 5.58. The van der Waals surface area contributed by atoms with E-state index < -0.39 is 0 Å². The molecule has 0 saturated carbocycles. The molecule has 0 amide bonds. The predicted molar refractivity (Wildman–Crippen MR) is 81.3 cm³/mol. The summed E-state index contributed by atoms with van der Waals surface area (Å²) < 4.78 is 2.18. The van der Waals surface area contributed by atoms with E-state index in [2.05, 4.69) is 40.7 Å². The molecule has 0 saturated heterocycles. The summed E-state index contributed by atoms with van der Waals surface area (Å²) in [6.45, 7) is 5.58. The van der Waals surface area contributed by atoms with Crippen LogP contribution in [-0.2, 0) is 19.5 Å². The average Bonchev–Trinajstić information content (AvgIpc) is 2.74. The summed E-state index contributed by atoms with van der Waals surface area (Å²) >= 11 is 0. The molecule has 0 radical (unpaired) electrons. The lowest BCUT2D eigenvalue weighted by Crippen LogP contribution is -2.17. The Labute approximate surface area is 120 Å². The van der Waals surface area contributed by atoms with Gasteiger partial charge in [-0.2, -0.15) is 5.26 Å². The summed E-state index contributed by atoms with van der Waals surface area (Å²) in [5.41, 5.74) is 3.46.